The number of phosphoric ester groups is 1. The zero-order valence-corrected chi connectivity index (χ0v) is 43.9. The Labute approximate surface area is 402 Å². The van der Waals surface area contributed by atoms with E-state index in [1.807, 2.05) is 21.1 Å². The number of aliphatic hydroxyl groups excluding tert-OH is 1. The number of nitrogens with zero attached hydrogens (tertiary/aromatic N) is 1. The minimum absolute atomic E-state index is 0.0711. The molecule has 65 heavy (non-hydrogen) atoms. The molecular formula is C56H104N2O6P+. The molecule has 0 aromatic heterocycles. The third kappa shape index (κ3) is 49.7. The van der Waals surface area contributed by atoms with E-state index in [0.29, 0.717) is 23.9 Å². The van der Waals surface area contributed by atoms with Gasteiger partial charge in [-0.2, -0.15) is 0 Å². The van der Waals surface area contributed by atoms with Gasteiger partial charge in [0.1, 0.15) is 13.2 Å². The summed E-state index contributed by atoms with van der Waals surface area (Å²) in [5.41, 5.74) is 0. The maximum atomic E-state index is 13.0. The van der Waals surface area contributed by atoms with Crippen LogP contribution in [0.4, 0.5) is 0 Å². The van der Waals surface area contributed by atoms with Gasteiger partial charge in [-0.15, -0.1) is 0 Å². The molecule has 0 aromatic carbocycles. The third-order valence-corrected chi connectivity index (χ3v) is 12.7. The largest absolute Gasteiger partial charge is 0.472 e. The molecule has 3 N–H and O–H groups in total. The summed E-state index contributed by atoms with van der Waals surface area (Å²) in [5, 5.41) is 14.0. The molecule has 0 spiro atoms. The van der Waals surface area contributed by atoms with Gasteiger partial charge in [0.2, 0.25) is 5.91 Å². The van der Waals surface area contributed by atoms with Crippen molar-refractivity contribution < 1.29 is 32.9 Å². The Kier molecular flexibility index (Phi) is 45.5. The average molecular weight is 932 g/mol. The number of carbonyl (C=O) groups excluding carboxylic acids is 1. The number of unbranched alkanes of at least 4 members (excludes halogenated alkanes) is 23. The van der Waals surface area contributed by atoms with Crippen molar-refractivity contribution in [1.82, 2.24) is 5.32 Å². The van der Waals surface area contributed by atoms with Crippen LogP contribution in [-0.4, -0.2) is 73.4 Å². The summed E-state index contributed by atoms with van der Waals surface area (Å²) in [5.74, 6) is -0.152. The predicted molar refractivity (Wildman–Crippen MR) is 281 cm³/mol. The molecule has 0 aliphatic carbocycles. The van der Waals surface area contributed by atoms with E-state index in [2.05, 4.69) is 92.1 Å². The van der Waals surface area contributed by atoms with Crippen molar-refractivity contribution in [2.24, 2.45) is 0 Å². The number of allylic oxidation sites excluding steroid dienone is 12. The van der Waals surface area contributed by atoms with E-state index < -0.39 is 20.0 Å². The molecule has 3 unspecified atom stereocenters. The van der Waals surface area contributed by atoms with Crippen molar-refractivity contribution >= 4 is 13.7 Å². The summed E-state index contributed by atoms with van der Waals surface area (Å²) < 4.78 is 23.7. The van der Waals surface area contributed by atoms with E-state index in [9.17, 15) is 19.4 Å². The van der Waals surface area contributed by atoms with Crippen molar-refractivity contribution in [2.45, 2.75) is 238 Å². The van der Waals surface area contributed by atoms with Gasteiger partial charge >= 0.3 is 7.82 Å². The van der Waals surface area contributed by atoms with Gasteiger partial charge in [0.05, 0.1) is 39.9 Å². The van der Waals surface area contributed by atoms with Crippen LogP contribution in [0.1, 0.15) is 226 Å². The highest BCUT2D eigenvalue weighted by Crippen LogP contribution is 2.43. The fraction of sp³-hybridized carbons (Fsp3) is 0.768. The molecule has 0 fully saturated rings. The topological polar surface area (TPSA) is 105 Å². The van der Waals surface area contributed by atoms with Crippen LogP contribution in [0.3, 0.4) is 0 Å². The molecule has 0 heterocycles. The molecule has 8 nitrogen and oxygen atoms in total. The minimum Gasteiger partial charge on any atom is -0.391 e. The molecule has 0 aromatic rings. The standard InChI is InChI=1S/C56H103N2O6P/c1-6-8-10-12-14-16-18-20-22-23-24-25-26-27-28-29-30-31-32-33-34-35-36-38-40-42-44-46-48-50-56(60)57-54(53-64-65(61,62)63-52-51-58(3,4)5)55(59)49-47-45-43-41-39-37-21-19-17-15-13-11-9-7-2/h8,10,14,16,20,22,24-25,27-28,30-31,54-55,59H,6-7,9,11-13,15,17-19,21,23,26,29,32-53H2,1-5H3,(H-,57,60,61,62)/p+1/b10-8-,16-14-,22-20-,25-24-,28-27-,31-30-. The fourth-order valence-electron chi connectivity index (χ4n) is 7.52. The van der Waals surface area contributed by atoms with Crippen molar-refractivity contribution in [3.05, 3.63) is 72.9 Å². The van der Waals surface area contributed by atoms with E-state index in [1.165, 1.54) is 116 Å². The first kappa shape index (κ1) is 62.9. The number of amides is 1. The lowest BCUT2D eigenvalue weighted by Gasteiger charge is -2.26. The van der Waals surface area contributed by atoms with E-state index in [0.717, 1.165) is 83.5 Å². The highest BCUT2D eigenvalue weighted by molar-refractivity contribution is 7.47. The van der Waals surface area contributed by atoms with Gasteiger partial charge in [-0.1, -0.05) is 228 Å². The predicted octanol–water partition coefficient (Wildman–Crippen LogP) is 15.9. The first-order chi connectivity index (χ1) is 31.5. The van der Waals surface area contributed by atoms with Gasteiger partial charge in [0.15, 0.2) is 0 Å². The lowest BCUT2D eigenvalue weighted by atomic mass is 10.0. The Hall–Kier alpha value is -2.06. The summed E-state index contributed by atoms with van der Waals surface area (Å²) in [7, 11) is 1.61. The molecule has 9 heteroatoms. The second-order valence-corrected chi connectivity index (χ2v) is 20.7. The summed E-state index contributed by atoms with van der Waals surface area (Å²) in [6.45, 7) is 4.77. The summed E-state index contributed by atoms with van der Waals surface area (Å²) in [4.78, 5) is 23.3. The summed E-state index contributed by atoms with van der Waals surface area (Å²) >= 11 is 0. The molecule has 0 bridgehead atoms. The van der Waals surface area contributed by atoms with E-state index >= 15 is 0 Å². The lowest BCUT2D eigenvalue weighted by Crippen LogP contribution is -2.46. The average Bonchev–Trinajstić information content (AvgIpc) is 3.26. The van der Waals surface area contributed by atoms with Crippen LogP contribution in [0.5, 0.6) is 0 Å². The minimum atomic E-state index is -4.32. The van der Waals surface area contributed by atoms with Crippen LogP contribution in [-0.2, 0) is 18.4 Å². The van der Waals surface area contributed by atoms with Crippen LogP contribution < -0.4 is 5.32 Å². The number of quaternary nitrogens is 1. The molecule has 0 aliphatic heterocycles. The van der Waals surface area contributed by atoms with Crippen LogP contribution in [0.15, 0.2) is 72.9 Å². The van der Waals surface area contributed by atoms with Crippen LogP contribution >= 0.6 is 7.82 Å². The normalized spacial score (nSPS) is 14.6. The summed E-state index contributed by atoms with van der Waals surface area (Å²) in [6, 6.07) is -0.766. The van der Waals surface area contributed by atoms with Crippen molar-refractivity contribution in [2.75, 3.05) is 40.9 Å². The molecule has 0 saturated heterocycles. The number of phosphoric acid groups is 1. The SMILES string of the molecule is CC/C=C\C/C=C\C/C=C\C/C=C\C/C=C\C/C=C\CCCCCCCCCCCCC(=O)NC(COP(=O)(O)OCC[N+](C)(C)C)C(O)CCCCCCCCCCCCCCCC. The second kappa shape index (κ2) is 47.0. The number of hydrogen-bond donors (Lipinski definition) is 3. The van der Waals surface area contributed by atoms with E-state index in [-0.39, 0.29) is 19.1 Å². The van der Waals surface area contributed by atoms with Crippen molar-refractivity contribution in [1.29, 1.82) is 0 Å². The molecule has 1 amide bonds. The van der Waals surface area contributed by atoms with Crippen LogP contribution in [0.2, 0.25) is 0 Å². The van der Waals surface area contributed by atoms with E-state index in [4.69, 9.17) is 9.05 Å². The van der Waals surface area contributed by atoms with Gasteiger partial charge in [-0.05, 0) is 64.2 Å². The van der Waals surface area contributed by atoms with Gasteiger partial charge in [0, 0.05) is 6.42 Å². The van der Waals surface area contributed by atoms with Crippen LogP contribution in [0.25, 0.3) is 0 Å². The number of nitrogens with one attached hydrogen (secondary N) is 1. The van der Waals surface area contributed by atoms with Gasteiger partial charge in [0.25, 0.3) is 0 Å². The monoisotopic (exact) mass is 932 g/mol. The smallest absolute Gasteiger partial charge is 0.391 e. The lowest BCUT2D eigenvalue weighted by molar-refractivity contribution is -0.870. The Morgan fingerprint density at radius 3 is 1.35 bits per heavy atom. The molecule has 0 radical (unpaired) electrons. The first-order valence-corrected chi connectivity index (χ1v) is 28.3. The Bertz CT molecular complexity index is 1290. The van der Waals surface area contributed by atoms with Crippen molar-refractivity contribution in [3.8, 4) is 0 Å². The highest BCUT2D eigenvalue weighted by atomic mass is 31.2. The maximum absolute atomic E-state index is 13.0. The Morgan fingerprint density at radius 1 is 0.538 bits per heavy atom. The number of rotatable bonds is 48. The fourth-order valence-corrected chi connectivity index (χ4v) is 8.26. The quantitative estimate of drug-likeness (QED) is 0.0243. The number of likely N-dealkylation sites (N-methyl/N-ethyl adjacent to an activating group) is 1. The second-order valence-electron chi connectivity index (χ2n) is 19.2. The first-order valence-electron chi connectivity index (χ1n) is 26.8. The zero-order valence-electron chi connectivity index (χ0n) is 43.0. The summed E-state index contributed by atoms with van der Waals surface area (Å²) in [6.07, 6.45) is 63.7. The van der Waals surface area contributed by atoms with Crippen molar-refractivity contribution in [3.63, 3.8) is 0 Å². The van der Waals surface area contributed by atoms with Gasteiger partial charge in [-0.3, -0.25) is 13.8 Å². The number of aliphatic hydroxyl groups is 1. The number of carbonyl (C=O) groups is 1. The molecule has 0 aliphatic rings. The highest BCUT2D eigenvalue weighted by Gasteiger charge is 2.28. The number of hydrogen-bond acceptors (Lipinski definition) is 5. The van der Waals surface area contributed by atoms with E-state index in [1.54, 1.807) is 0 Å². The molecule has 3 atom stereocenters. The Balaban J connectivity index is 4.18. The van der Waals surface area contributed by atoms with Gasteiger partial charge < -0.3 is 19.8 Å². The Morgan fingerprint density at radius 2 is 0.923 bits per heavy atom. The van der Waals surface area contributed by atoms with Crippen LogP contribution in [0, 0.1) is 0 Å². The zero-order chi connectivity index (χ0) is 47.8. The third-order valence-electron chi connectivity index (χ3n) is 11.7. The molecule has 0 saturated carbocycles. The maximum Gasteiger partial charge on any atom is 0.472 e. The van der Waals surface area contributed by atoms with Gasteiger partial charge in [-0.25, -0.2) is 4.57 Å². The molecular weight excluding hydrogens is 828 g/mol. The molecule has 378 valence electrons. The molecule has 0 rings (SSSR count).